The zero-order valence-corrected chi connectivity index (χ0v) is 13.7. The molecule has 0 saturated carbocycles. The first-order valence-electron chi connectivity index (χ1n) is 7.18. The second-order valence-corrected chi connectivity index (χ2v) is 7.29. The first-order valence-corrected chi connectivity index (χ1v) is 8.66. The van der Waals surface area contributed by atoms with E-state index in [-0.39, 0.29) is 11.1 Å². The summed E-state index contributed by atoms with van der Waals surface area (Å²) < 4.78 is 29.2. The first kappa shape index (κ1) is 15.5. The third-order valence-electron chi connectivity index (χ3n) is 3.92. The summed E-state index contributed by atoms with van der Waals surface area (Å²) in [6, 6.07) is 7.18. The average molecular weight is 331 g/mol. The Labute approximate surface area is 135 Å². The molecule has 0 amide bonds. The molecular weight excluding hydrogens is 314 g/mol. The highest BCUT2D eigenvalue weighted by Crippen LogP contribution is 2.23. The number of aryl methyl sites for hydroxylation is 2. The summed E-state index contributed by atoms with van der Waals surface area (Å²) in [6.07, 6.45) is 2.03. The van der Waals surface area contributed by atoms with E-state index in [1.54, 1.807) is 30.7 Å². The lowest BCUT2D eigenvalue weighted by atomic mass is 9.98. The Morgan fingerprint density at radius 3 is 2.91 bits per heavy atom. The molecule has 1 aliphatic heterocycles. The highest BCUT2D eigenvalue weighted by atomic mass is 32.2. The maximum atomic E-state index is 12.4. The van der Waals surface area contributed by atoms with Gasteiger partial charge in [0.25, 0.3) is 10.0 Å². The number of hydrogen-bond donors (Lipinski definition) is 2. The van der Waals surface area contributed by atoms with Gasteiger partial charge in [-0.05, 0) is 37.1 Å². The van der Waals surface area contributed by atoms with E-state index >= 15 is 0 Å². The van der Waals surface area contributed by atoms with Crippen molar-refractivity contribution in [2.75, 3.05) is 11.9 Å². The van der Waals surface area contributed by atoms with E-state index in [9.17, 15) is 8.42 Å². The fourth-order valence-electron chi connectivity index (χ4n) is 2.59. The number of fused-ring (bicyclic) bond motifs is 1. The Kier molecular flexibility index (Phi) is 3.83. The first-order chi connectivity index (χ1) is 10.9. The number of rotatable bonds is 3. The number of nitriles is 1. The van der Waals surface area contributed by atoms with E-state index in [4.69, 9.17) is 5.26 Å². The molecule has 2 aromatic rings. The third-order valence-corrected chi connectivity index (χ3v) is 5.31. The number of sulfonamides is 1. The lowest BCUT2D eigenvalue weighted by molar-refractivity contribution is 0.546. The van der Waals surface area contributed by atoms with Gasteiger partial charge in [0, 0.05) is 31.5 Å². The fraction of sp³-hybridized carbons (Fsp3) is 0.333. The minimum absolute atomic E-state index is 0.0223. The zero-order valence-electron chi connectivity index (χ0n) is 12.9. The van der Waals surface area contributed by atoms with E-state index in [0.717, 1.165) is 11.3 Å². The van der Waals surface area contributed by atoms with Crippen LogP contribution >= 0.6 is 0 Å². The molecule has 0 spiro atoms. The van der Waals surface area contributed by atoms with E-state index < -0.39 is 10.0 Å². The van der Waals surface area contributed by atoms with Crippen LogP contribution in [0.25, 0.3) is 0 Å². The number of anilines is 1. The van der Waals surface area contributed by atoms with Crippen molar-refractivity contribution >= 4 is 15.7 Å². The number of aromatic nitrogens is 2. The lowest BCUT2D eigenvalue weighted by Gasteiger charge is -2.26. The molecule has 1 aromatic carbocycles. The van der Waals surface area contributed by atoms with Crippen LogP contribution in [0.2, 0.25) is 0 Å². The van der Waals surface area contributed by atoms with Gasteiger partial charge in [-0.25, -0.2) is 18.1 Å². The largest absolute Gasteiger partial charge is 0.383 e. The topological polar surface area (TPSA) is 99.8 Å². The molecule has 2 N–H and O–H groups in total. The number of hydrogen-bond acceptors (Lipinski definition) is 5. The monoisotopic (exact) mass is 331 g/mol. The van der Waals surface area contributed by atoms with E-state index in [1.807, 2.05) is 6.07 Å². The van der Waals surface area contributed by atoms with Gasteiger partial charge < -0.3 is 9.88 Å². The van der Waals surface area contributed by atoms with Gasteiger partial charge in [0.05, 0.1) is 11.6 Å². The smallest absolute Gasteiger partial charge is 0.259 e. The van der Waals surface area contributed by atoms with Crippen molar-refractivity contribution in [1.82, 2.24) is 14.3 Å². The van der Waals surface area contributed by atoms with Crippen LogP contribution in [0.4, 0.5) is 5.69 Å². The van der Waals surface area contributed by atoms with Gasteiger partial charge in [-0.2, -0.15) is 5.26 Å². The highest BCUT2D eigenvalue weighted by Gasteiger charge is 2.26. The van der Waals surface area contributed by atoms with Gasteiger partial charge >= 0.3 is 0 Å². The van der Waals surface area contributed by atoms with Crippen molar-refractivity contribution in [2.24, 2.45) is 7.05 Å². The Bertz CT molecular complexity index is 876. The minimum atomic E-state index is -3.67. The van der Waals surface area contributed by atoms with Crippen molar-refractivity contribution in [3.8, 4) is 6.07 Å². The molecule has 0 fully saturated rings. The van der Waals surface area contributed by atoms with Crippen molar-refractivity contribution in [1.29, 1.82) is 5.26 Å². The Hall–Kier alpha value is -2.37. The number of nitrogens with zero attached hydrogens (tertiary/aromatic N) is 3. The molecule has 1 aromatic heterocycles. The Morgan fingerprint density at radius 2 is 2.26 bits per heavy atom. The normalized spacial score (nSPS) is 17.2. The molecule has 2 heterocycles. The Morgan fingerprint density at radius 1 is 1.48 bits per heavy atom. The summed E-state index contributed by atoms with van der Waals surface area (Å²) in [5.41, 5.74) is 2.43. The molecule has 1 unspecified atom stereocenters. The zero-order chi connectivity index (χ0) is 16.6. The molecule has 7 nitrogen and oxygen atoms in total. The predicted octanol–water partition coefficient (Wildman–Crippen LogP) is 0.915. The van der Waals surface area contributed by atoms with Crippen molar-refractivity contribution in [3.63, 3.8) is 0 Å². The molecular formula is C15H17N5O2S. The molecule has 23 heavy (non-hydrogen) atoms. The molecule has 0 aliphatic carbocycles. The van der Waals surface area contributed by atoms with Crippen LogP contribution in [-0.4, -0.2) is 30.6 Å². The summed E-state index contributed by atoms with van der Waals surface area (Å²) in [4.78, 5) is 4.07. The van der Waals surface area contributed by atoms with E-state index in [0.29, 0.717) is 24.4 Å². The second kappa shape index (κ2) is 5.68. The molecule has 0 saturated heterocycles. The van der Waals surface area contributed by atoms with E-state index in [1.165, 1.54) is 6.20 Å². The van der Waals surface area contributed by atoms with Gasteiger partial charge in [-0.3, -0.25) is 0 Å². The van der Waals surface area contributed by atoms with Crippen LogP contribution in [-0.2, 0) is 23.5 Å². The van der Waals surface area contributed by atoms with Crippen molar-refractivity contribution < 1.29 is 8.42 Å². The molecule has 1 aliphatic rings. The van der Waals surface area contributed by atoms with Crippen LogP contribution in [0.15, 0.2) is 29.4 Å². The van der Waals surface area contributed by atoms with Crippen LogP contribution in [0.5, 0.6) is 0 Å². The molecule has 0 radical (unpaired) electrons. The summed E-state index contributed by atoms with van der Waals surface area (Å²) >= 11 is 0. The molecule has 8 heteroatoms. The number of nitrogens with one attached hydrogen (secondary N) is 2. The van der Waals surface area contributed by atoms with Crippen LogP contribution in [0.1, 0.15) is 17.0 Å². The van der Waals surface area contributed by atoms with Crippen molar-refractivity contribution in [3.05, 3.63) is 41.3 Å². The highest BCUT2D eigenvalue weighted by molar-refractivity contribution is 7.89. The summed E-state index contributed by atoms with van der Waals surface area (Å²) in [5.74, 6) is 0.635. The third kappa shape index (κ3) is 3.06. The van der Waals surface area contributed by atoms with Gasteiger partial charge in [-0.1, -0.05) is 0 Å². The summed E-state index contributed by atoms with van der Waals surface area (Å²) in [5, 5.41) is 12.2. The fourth-order valence-corrected chi connectivity index (χ4v) is 3.87. The predicted molar refractivity (Wildman–Crippen MR) is 85.4 cm³/mol. The summed E-state index contributed by atoms with van der Waals surface area (Å²) in [6.45, 7) is 2.24. The standard InChI is InChI=1S/C15H17N5O2S/c1-10-18-15(9-20(10)2)23(21,22)19-13-6-12-5-11(7-16)3-4-14(12)17-8-13/h3-5,9,13,17,19H,6,8H2,1-2H3. The van der Waals surface area contributed by atoms with Crippen LogP contribution in [0.3, 0.4) is 0 Å². The van der Waals surface area contributed by atoms with Gasteiger partial charge in [0.15, 0.2) is 5.03 Å². The number of imidazole rings is 1. The molecule has 120 valence electrons. The number of benzene rings is 1. The lowest BCUT2D eigenvalue weighted by Crippen LogP contribution is -2.43. The SMILES string of the molecule is Cc1nc(S(=O)(=O)NC2CNc3ccc(C#N)cc3C2)cn1C. The average Bonchev–Trinajstić information content (AvgIpc) is 2.86. The summed E-state index contributed by atoms with van der Waals surface area (Å²) in [7, 11) is -1.91. The Balaban J connectivity index is 1.80. The molecule has 3 rings (SSSR count). The van der Waals surface area contributed by atoms with Crippen LogP contribution < -0.4 is 10.0 Å². The maximum Gasteiger partial charge on any atom is 0.259 e. The van der Waals surface area contributed by atoms with Crippen LogP contribution in [0, 0.1) is 18.3 Å². The van der Waals surface area contributed by atoms with Gasteiger partial charge in [0.2, 0.25) is 0 Å². The van der Waals surface area contributed by atoms with Gasteiger partial charge in [0.1, 0.15) is 5.82 Å². The molecule has 1 atom stereocenters. The van der Waals surface area contributed by atoms with E-state index in [2.05, 4.69) is 21.1 Å². The quantitative estimate of drug-likeness (QED) is 0.871. The second-order valence-electron chi connectivity index (χ2n) is 5.62. The molecule has 0 bridgehead atoms. The van der Waals surface area contributed by atoms with Gasteiger partial charge in [-0.15, -0.1) is 0 Å². The van der Waals surface area contributed by atoms with Crippen molar-refractivity contribution in [2.45, 2.75) is 24.4 Å². The minimum Gasteiger partial charge on any atom is -0.383 e. The maximum absolute atomic E-state index is 12.4.